The van der Waals surface area contributed by atoms with Crippen LogP contribution in [0.15, 0.2) is 127 Å². The Kier molecular flexibility index (Phi) is 6.59. The maximum absolute atomic E-state index is 6.77. The molecular weight excluding hydrogens is 571 g/mol. The maximum atomic E-state index is 6.77. The topological polar surface area (TPSA) is 55.3 Å². The summed E-state index contributed by atoms with van der Waals surface area (Å²) < 4.78 is 0. The molecule has 4 N–H and O–H groups in total. The van der Waals surface area contributed by atoms with Crippen molar-refractivity contribution >= 4 is 28.4 Å². The average Bonchev–Trinajstić information content (AvgIpc) is 3.09. The number of anilines is 5. The Morgan fingerprint density at radius 2 is 1.00 bits per heavy atom. The monoisotopic (exact) mass is 611 g/mol. The lowest BCUT2D eigenvalue weighted by molar-refractivity contribution is 0.632. The Labute approximate surface area is 278 Å². The quantitative estimate of drug-likeness (QED) is 0.182. The third-order valence-corrected chi connectivity index (χ3v) is 10.7. The van der Waals surface area contributed by atoms with E-state index < -0.39 is 0 Å². The van der Waals surface area contributed by atoms with Crippen LogP contribution in [0.1, 0.15) is 61.1 Å². The van der Waals surface area contributed by atoms with Crippen molar-refractivity contribution in [2.45, 2.75) is 51.4 Å². The number of nitrogens with zero attached hydrogens (tertiary/aromatic N) is 1. The van der Waals surface area contributed by atoms with Crippen LogP contribution in [-0.4, -0.2) is 0 Å². The van der Waals surface area contributed by atoms with E-state index >= 15 is 0 Å². The molecule has 0 bridgehead atoms. The lowest BCUT2D eigenvalue weighted by Crippen LogP contribution is -2.30. The van der Waals surface area contributed by atoms with E-state index in [1.165, 1.54) is 55.9 Å². The summed E-state index contributed by atoms with van der Waals surface area (Å²) in [6, 6.07) is 46.6. The van der Waals surface area contributed by atoms with Crippen molar-refractivity contribution in [3.63, 3.8) is 0 Å². The number of rotatable bonds is 1. The molecule has 0 atom stereocenters. The number of fused-ring (bicyclic) bond motifs is 8. The molecule has 1 aliphatic carbocycles. The molecule has 0 radical (unpaired) electrons. The molecule has 8 rings (SSSR count). The van der Waals surface area contributed by atoms with Gasteiger partial charge in [0.05, 0.1) is 11.4 Å². The van der Waals surface area contributed by atoms with Crippen LogP contribution < -0.4 is 16.4 Å². The van der Waals surface area contributed by atoms with E-state index in [2.05, 4.69) is 154 Å². The van der Waals surface area contributed by atoms with Gasteiger partial charge in [-0.1, -0.05) is 119 Å². The van der Waals surface area contributed by atoms with Gasteiger partial charge >= 0.3 is 0 Å². The Morgan fingerprint density at radius 1 is 0.489 bits per heavy atom. The third kappa shape index (κ3) is 4.48. The second kappa shape index (κ2) is 10.6. The number of benzene rings is 6. The van der Waals surface area contributed by atoms with Gasteiger partial charge in [-0.25, -0.2) is 0 Å². The van der Waals surface area contributed by atoms with Crippen LogP contribution in [0.4, 0.5) is 28.4 Å². The zero-order valence-electron chi connectivity index (χ0n) is 27.6. The number of hydrogen-bond donors (Lipinski definition) is 2. The van der Waals surface area contributed by atoms with Gasteiger partial charge in [0.1, 0.15) is 0 Å². The summed E-state index contributed by atoms with van der Waals surface area (Å²) in [5, 5.41) is 0. The minimum atomic E-state index is -0.310. The SMILES string of the molecule is CC1(C)c2ccccc2-c2cc(N3c4ccccc4C(C)(C)c4ccccc43)ccc2CCc2c(N)cc(N)cc2-c2ccccc21. The molecule has 6 aromatic carbocycles. The van der Waals surface area contributed by atoms with Crippen LogP contribution in [0, 0.1) is 0 Å². The lowest BCUT2D eigenvalue weighted by atomic mass is 9.72. The molecule has 0 unspecified atom stereocenters. The highest BCUT2D eigenvalue weighted by Crippen LogP contribution is 2.53. The van der Waals surface area contributed by atoms with Crippen molar-refractivity contribution in [1.29, 1.82) is 0 Å². The first-order valence-electron chi connectivity index (χ1n) is 16.7. The fourth-order valence-corrected chi connectivity index (χ4v) is 8.29. The minimum Gasteiger partial charge on any atom is -0.399 e. The zero-order chi connectivity index (χ0) is 32.5. The number of nitrogens with two attached hydrogens (primary N) is 2. The number of para-hydroxylation sites is 2. The van der Waals surface area contributed by atoms with E-state index in [-0.39, 0.29) is 10.8 Å². The molecule has 3 nitrogen and oxygen atoms in total. The van der Waals surface area contributed by atoms with Gasteiger partial charge in [0.15, 0.2) is 0 Å². The molecule has 0 amide bonds. The molecule has 6 aromatic rings. The van der Waals surface area contributed by atoms with Gasteiger partial charge in [-0.3, -0.25) is 0 Å². The van der Waals surface area contributed by atoms with Crippen molar-refractivity contribution in [1.82, 2.24) is 0 Å². The van der Waals surface area contributed by atoms with E-state index in [1.807, 2.05) is 6.07 Å². The number of nitrogen functional groups attached to an aromatic ring is 2. The molecule has 0 saturated carbocycles. The van der Waals surface area contributed by atoms with Crippen LogP contribution in [0.3, 0.4) is 0 Å². The van der Waals surface area contributed by atoms with Crippen LogP contribution in [0.2, 0.25) is 0 Å². The summed E-state index contributed by atoms with van der Waals surface area (Å²) >= 11 is 0. The summed E-state index contributed by atoms with van der Waals surface area (Å²) in [4.78, 5) is 2.46. The lowest BCUT2D eigenvalue weighted by Gasteiger charge is -2.42. The number of aryl methyl sites for hydroxylation is 1. The average molecular weight is 612 g/mol. The van der Waals surface area contributed by atoms with E-state index in [4.69, 9.17) is 11.5 Å². The summed E-state index contributed by atoms with van der Waals surface area (Å²) in [6.45, 7) is 9.37. The van der Waals surface area contributed by atoms with E-state index in [0.29, 0.717) is 5.69 Å². The molecule has 0 spiro atoms. The summed E-state index contributed by atoms with van der Waals surface area (Å²) in [6.07, 6.45) is 1.67. The fourth-order valence-electron chi connectivity index (χ4n) is 8.29. The largest absolute Gasteiger partial charge is 0.399 e. The van der Waals surface area contributed by atoms with E-state index in [9.17, 15) is 0 Å². The molecule has 232 valence electrons. The second-order valence-electron chi connectivity index (χ2n) is 14.2. The summed E-state index contributed by atoms with van der Waals surface area (Å²) in [7, 11) is 0. The molecule has 3 heteroatoms. The Hall–Kier alpha value is -5.28. The van der Waals surface area contributed by atoms with E-state index in [0.717, 1.165) is 35.3 Å². The van der Waals surface area contributed by atoms with Crippen molar-refractivity contribution in [2.75, 3.05) is 16.4 Å². The van der Waals surface area contributed by atoms with Crippen molar-refractivity contribution in [3.8, 4) is 22.3 Å². The molecule has 0 saturated heterocycles. The highest BCUT2D eigenvalue weighted by molar-refractivity contribution is 5.89. The van der Waals surface area contributed by atoms with Crippen LogP contribution in [0.5, 0.6) is 0 Å². The molecule has 2 aliphatic rings. The first-order valence-corrected chi connectivity index (χ1v) is 16.7. The van der Waals surface area contributed by atoms with Gasteiger partial charge in [0.2, 0.25) is 0 Å². The molecular formula is C44H41N3. The second-order valence-corrected chi connectivity index (χ2v) is 14.2. The van der Waals surface area contributed by atoms with Gasteiger partial charge in [-0.05, 0) is 105 Å². The predicted molar refractivity (Wildman–Crippen MR) is 199 cm³/mol. The standard InChI is InChI=1S/C44H41N3/c1-43(2)36-15-7-5-13-31(36)34-27-30(47-41-19-11-9-17-38(41)44(3,4)39-18-10-12-20-42(39)47)23-21-28(34)22-24-33-35(25-29(45)26-40(33)46)32-14-6-8-16-37(32)43/h5-21,23,25-27H,22,24,45-46H2,1-4H3. The Bertz CT molecular complexity index is 2140. The Balaban J connectivity index is 1.40. The van der Waals surface area contributed by atoms with E-state index in [1.54, 1.807) is 0 Å². The normalized spacial score (nSPS) is 15.5. The van der Waals surface area contributed by atoms with Crippen molar-refractivity contribution in [2.24, 2.45) is 0 Å². The van der Waals surface area contributed by atoms with Gasteiger partial charge in [0.25, 0.3) is 0 Å². The molecule has 47 heavy (non-hydrogen) atoms. The van der Waals surface area contributed by atoms with Gasteiger partial charge < -0.3 is 16.4 Å². The first-order chi connectivity index (χ1) is 22.7. The smallest absolute Gasteiger partial charge is 0.0502 e. The van der Waals surface area contributed by atoms with Crippen molar-refractivity contribution < 1.29 is 0 Å². The fraction of sp³-hybridized carbons (Fsp3) is 0.182. The highest BCUT2D eigenvalue weighted by atomic mass is 15.2. The van der Waals surface area contributed by atoms with Crippen LogP contribution >= 0.6 is 0 Å². The third-order valence-electron chi connectivity index (χ3n) is 10.7. The zero-order valence-corrected chi connectivity index (χ0v) is 27.6. The molecule has 0 fully saturated rings. The summed E-state index contributed by atoms with van der Waals surface area (Å²) in [5.74, 6) is 0. The first kappa shape index (κ1) is 29.1. The highest BCUT2D eigenvalue weighted by Gasteiger charge is 2.37. The minimum absolute atomic E-state index is 0.109. The van der Waals surface area contributed by atoms with Crippen LogP contribution in [-0.2, 0) is 23.7 Å². The summed E-state index contributed by atoms with van der Waals surface area (Å²) in [5.41, 5.74) is 30.4. The van der Waals surface area contributed by atoms with Crippen LogP contribution in [0.25, 0.3) is 22.3 Å². The molecule has 1 aliphatic heterocycles. The number of hydrogen-bond acceptors (Lipinski definition) is 3. The van der Waals surface area contributed by atoms with Crippen molar-refractivity contribution in [3.05, 3.63) is 161 Å². The van der Waals surface area contributed by atoms with Gasteiger partial charge in [-0.15, -0.1) is 0 Å². The predicted octanol–water partition coefficient (Wildman–Crippen LogP) is 10.7. The van der Waals surface area contributed by atoms with Gasteiger partial charge in [0, 0.05) is 27.9 Å². The molecule has 0 aromatic heterocycles. The maximum Gasteiger partial charge on any atom is 0.0502 e. The Morgan fingerprint density at radius 3 is 1.62 bits per heavy atom. The van der Waals surface area contributed by atoms with Gasteiger partial charge in [-0.2, -0.15) is 0 Å². The molecule has 1 heterocycles.